The van der Waals surface area contributed by atoms with Crippen LogP contribution in [0, 0.1) is 0 Å². The van der Waals surface area contributed by atoms with Crippen LogP contribution >= 0.6 is 24.0 Å². The van der Waals surface area contributed by atoms with Crippen molar-refractivity contribution in [1.82, 2.24) is 9.62 Å². The summed E-state index contributed by atoms with van der Waals surface area (Å²) < 4.78 is 35.6. The molecular weight excluding hydrogens is 507 g/mol. The standard InChI is InChI=1S/C19H34N4O4S.HI/c1-5-20-19(21-12-8-13-23(3)28(24,25)6-2)22-17-10-7-11-18(16-17)27-15-9-14-26-4;/h7,10-11,16H,5-6,8-9,12-15H2,1-4H3,(H2,20,21,22);1H. The summed E-state index contributed by atoms with van der Waals surface area (Å²) in [6.45, 7) is 6.60. The van der Waals surface area contributed by atoms with E-state index in [4.69, 9.17) is 9.47 Å². The summed E-state index contributed by atoms with van der Waals surface area (Å²) in [5.74, 6) is 1.55. The Kier molecular flexibility index (Phi) is 15.1. The smallest absolute Gasteiger partial charge is 0.213 e. The van der Waals surface area contributed by atoms with Crippen molar-refractivity contribution in [3.8, 4) is 5.75 Å². The first-order valence-electron chi connectivity index (χ1n) is 9.64. The molecular formula is C19H35IN4O4S. The van der Waals surface area contributed by atoms with E-state index in [1.54, 1.807) is 21.1 Å². The largest absolute Gasteiger partial charge is 0.493 e. The summed E-state index contributed by atoms with van der Waals surface area (Å²) in [7, 11) is 0.133. The molecule has 0 atom stereocenters. The Morgan fingerprint density at radius 3 is 2.62 bits per heavy atom. The van der Waals surface area contributed by atoms with Crippen LogP contribution in [-0.2, 0) is 14.8 Å². The first kappa shape index (κ1) is 27.9. The van der Waals surface area contributed by atoms with E-state index in [0.717, 1.165) is 24.4 Å². The number of nitrogens with one attached hydrogen (secondary N) is 2. The van der Waals surface area contributed by atoms with E-state index in [0.29, 0.717) is 38.7 Å². The summed E-state index contributed by atoms with van der Waals surface area (Å²) in [6, 6.07) is 7.69. The predicted molar refractivity (Wildman–Crippen MR) is 130 cm³/mol. The van der Waals surface area contributed by atoms with Crippen molar-refractivity contribution in [2.24, 2.45) is 4.99 Å². The summed E-state index contributed by atoms with van der Waals surface area (Å²) in [6.07, 6.45) is 1.48. The molecule has 0 unspecified atom stereocenters. The molecule has 0 saturated heterocycles. The van der Waals surface area contributed by atoms with Gasteiger partial charge in [0, 0.05) is 58.6 Å². The lowest BCUT2D eigenvalue weighted by Crippen LogP contribution is -2.32. The summed E-state index contributed by atoms with van der Waals surface area (Å²) in [5.41, 5.74) is 0.870. The number of rotatable bonds is 13. The van der Waals surface area contributed by atoms with Gasteiger partial charge in [-0.05, 0) is 32.4 Å². The zero-order valence-corrected chi connectivity index (χ0v) is 21.0. The second kappa shape index (κ2) is 15.7. The van der Waals surface area contributed by atoms with E-state index in [1.165, 1.54) is 4.31 Å². The van der Waals surface area contributed by atoms with Crippen LogP contribution < -0.4 is 15.4 Å². The van der Waals surface area contributed by atoms with Gasteiger partial charge < -0.3 is 20.1 Å². The highest BCUT2D eigenvalue weighted by Gasteiger charge is 2.13. The highest BCUT2D eigenvalue weighted by Crippen LogP contribution is 2.17. The third-order valence-corrected chi connectivity index (χ3v) is 5.81. The van der Waals surface area contributed by atoms with Gasteiger partial charge in [0.05, 0.1) is 12.4 Å². The van der Waals surface area contributed by atoms with E-state index in [9.17, 15) is 8.42 Å². The molecule has 1 rings (SSSR count). The van der Waals surface area contributed by atoms with Gasteiger partial charge in [0.15, 0.2) is 5.96 Å². The predicted octanol–water partition coefficient (Wildman–Crippen LogP) is 2.77. The fraction of sp³-hybridized carbons (Fsp3) is 0.632. The zero-order valence-electron chi connectivity index (χ0n) is 17.8. The van der Waals surface area contributed by atoms with Crippen molar-refractivity contribution in [3.05, 3.63) is 24.3 Å². The SMILES string of the molecule is CCNC(=NCCCN(C)S(=O)(=O)CC)Nc1cccc(OCCCOC)c1.I. The molecule has 1 aromatic carbocycles. The molecule has 2 N–H and O–H groups in total. The molecule has 8 nitrogen and oxygen atoms in total. The number of guanidine groups is 1. The number of ether oxygens (including phenoxy) is 2. The molecule has 0 heterocycles. The molecule has 0 aliphatic carbocycles. The van der Waals surface area contributed by atoms with E-state index < -0.39 is 10.0 Å². The van der Waals surface area contributed by atoms with Gasteiger partial charge in [-0.25, -0.2) is 12.7 Å². The van der Waals surface area contributed by atoms with Crippen LogP contribution in [0.1, 0.15) is 26.7 Å². The van der Waals surface area contributed by atoms with E-state index in [-0.39, 0.29) is 29.7 Å². The van der Waals surface area contributed by atoms with Crippen LogP contribution in [0.15, 0.2) is 29.3 Å². The minimum Gasteiger partial charge on any atom is -0.493 e. The maximum Gasteiger partial charge on any atom is 0.213 e. The maximum atomic E-state index is 11.8. The molecule has 0 bridgehead atoms. The summed E-state index contributed by atoms with van der Waals surface area (Å²) in [4.78, 5) is 4.52. The number of sulfonamides is 1. The van der Waals surface area contributed by atoms with Gasteiger partial charge in [-0.3, -0.25) is 4.99 Å². The zero-order chi connectivity index (χ0) is 20.8. The Labute approximate surface area is 192 Å². The van der Waals surface area contributed by atoms with E-state index in [1.807, 2.05) is 31.2 Å². The van der Waals surface area contributed by atoms with Crippen molar-refractivity contribution >= 4 is 45.6 Å². The second-order valence-electron chi connectivity index (χ2n) is 6.18. The fourth-order valence-electron chi connectivity index (χ4n) is 2.34. The van der Waals surface area contributed by atoms with Gasteiger partial charge in [-0.15, -0.1) is 24.0 Å². The summed E-state index contributed by atoms with van der Waals surface area (Å²) >= 11 is 0. The number of nitrogens with zero attached hydrogens (tertiary/aromatic N) is 2. The van der Waals surface area contributed by atoms with Crippen molar-refractivity contribution in [3.63, 3.8) is 0 Å². The normalized spacial score (nSPS) is 11.8. The van der Waals surface area contributed by atoms with Crippen molar-refractivity contribution in [2.75, 3.05) is 58.1 Å². The van der Waals surface area contributed by atoms with Gasteiger partial charge in [-0.2, -0.15) is 0 Å². The lowest BCUT2D eigenvalue weighted by atomic mass is 10.3. The average Bonchev–Trinajstić information content (AvgIpc) is 2.68. The van der Waals surface area contributed by atoms with Crippen LogP contribution in [-0.4, -0.2) is 71.4 Å². The van der Waals surface area contributed by atoms with Gasteiger partial charge in [0.1, 0.15) is 5.75 Å². The van der Waals surface area contributed by atoms with Crippen LogP contribution in [0.4, 0.5) is 5.69 Å². The molecule has 0 aliphatic rings. The third kappa shape index (κ3) is 11.6. The minimum absolute atomic E-state index is 0. The Balaban J connectivity index is 0.00000784. The quantitative estimate of drug-likeness (QED) is 0.173. The molecule has 0 radical (unpaired) electrons. The first-order valence-corrected chi connectivity index (χ1v) is 11.2. The molecule has 10 heteroatoms. The van der Waals surface area contributed by atoms with Gasteiger partial charge in [-0.1, -0.05) is 6.07 Å². The number of benzene rings is 1. The fourth-order valence-corrected chi connectivity index (χ4v) is 3.19. The number of hydrogen-bond donors (Lipinski definition) is 2. The Morgan fingerprint density at radius 2 is 1.97 bits per heavy atom. The molecule has 1 aromatic rings. The van der Waals surface area contributed by atoms with Crippen molar-refractivity contribution in [2.45, 2.75) is 26.7 Å². The molecule has 0 amide bonds. The van der Waals surface area contributed by atoms with Gasteiger partial charge >= 0.3 is 0 Å². The third-order valence-electron chi connectivity index (χ3n) is 3.94. The number of hydrogen-bond acceptors (Lipinski definition) is 5. The van der Waals surface area contributed by atoms with E-state index in [2.05, 4.69) is 15.6 Å². The average molecular weight is 542 g/mol. The van der Waals surface area contributed by atoms with Crippen molar-refractivity contribution in [1.29, 1.82) is 0 Å². The topological polar surface area (TPSA) is 92.3 Å². The van der Waals surface area contributed by atoms with Crippen molar-refractivity contribution < 1.29 is 17.9 Å². The minimum atomic E-state index is -3.14. The summed E-state index contributed by atoms with van der Waals surface area (Å²) in [5, 5.41) is 6.44. The number of halogens is 1. The number of methoxy groups -OCH3 is 1. The van der Waals surface area contributed by atoms with Gasteiger partial charge in [0.2, 0.25) is 10.0 Å². The Hall–Kier alpha value is -1.11. The maximum absolute atomic E-state index is 11.8. The highest BCUT2D eigenvalue weighted by molar-refractivity contribution is 14.0. The Bertz CT molecular complexity index is 701. The lowest BCUT2D eigenvalue weighted by Gasteiger charge is -2.15. The molecule has 0 spiro atoms. The number of aliphatic imine (C=N–C) groups is 1. The van der Waals surface area contributed by atoms with Crippen LogP contribution in [0.5, 0.6) is 5.75 Å². The van der Waals surface area contributed by atoms with Crippen LogP contribution in [0.3, 0.4) is 0 Å². The molecule has 0 aliphatic heterocycles. The molecule has 0 fully saturated rings. The highest BCUT2D eigenvalue weighted by atomic mass is 127. The molecule has 29 heavy (non-hydrogen) atoms. The molecule has 0 aromatic heterocycles. The van der Waals surface area contributed by atoms with Crippen LogP contribution in [0.2, 0.25) is 0 Å². The molecule has 0 saturated carbocycles. The second-order valence-corrected chi connectivity index (χ2v) is 8.55. The Morgan fingerprint density at radius 1 is 1.21 bits per heavy atom. The number of anilines is 1. The van der Waals surface area contributed by atoms with Gasteiger partial charge in [0.25, 0.3) is 0 Å². The molecule has 168 valence electrons. The lowest BCUT2D eigenvalue weighted by molar-refractivity contribution is 0.172. The first-order chi connectivity index (χ1) is 13.4. The monoisotopic (exact) mass is 542 g/mol. The van der Waals surface area contributed by atoms with Crippen LogP contribution in [0.25, 0.3) is 0 Å². The van der Waals surface area contributed by atoms with E-state index >= 15 is 0 Å².